The molecule has 0 aliphatic carbocycles. The molecule has 0 unspecified atom stereocenters. The van der Waals surface area contributed by atoms with Crippen molar-refractivity contribution in [2.45, 2.75) is 46.1 Å². The molecule has 0 aromatic heterocycles. The second-order valence-corrected chi connectivity index (χ2v) is 5.70. The van der Waals surface area contributed by atoms with Gasteiger partial charge >= 0.3 is 5.97 Å². The lowest BCUT2D eigenvalue weighted by molar-refractivity contribution is -0.158. The van der Waals surface area contributed by atoms with Crippen LogP contribution in [0.4, 0.5) is 0 Å². The highest BCUT2D eigenvalue weighted by Crippen LogP contribution is 2.20. The van der Waals surface area contributed by atoms with Gasteiger partial charge in [-0.1, -0.05) is 13.8 Å². The van der Waals surface area contributed by atoms with Crippen molar-refractivity contribution >= 4 is 42.2 Å². The van der Waals surface area contributed by atoms with Gasteiger partial charge in [0.25, 0.3) is 0 Å². The van der Waals surface area contributed by atoms with Crippen molar-refractivity contribution in [1.82, 2.24) is 4.31 Å². The number of nitrogens with zero attached hydrogens (tertiary/aromatic N) is 1. The van der Waals surface area contributed by atoms with Crippen LogP contribution in [0.1, 0.15) is 40.5 Å². The summed E-state index contributed by atoms with van der Waals surface area (Å²) in [6.45, 7) is 7.44. The minimum atomic E-state index is -0.464. The van der Waals surface area contributed by atoms with Gasteiger partial charge in [-0.15, -0.1) is 0 Å². The molecular formula is C10H18INO3S. The van der Waals surface area contributed by atoms with Crippen LogP contribution in [0, 0.1) is 0 Å². The first-order valence-corrected chi connectivity index (χ1v) is 8.48. The molecule has 0 aromatic carbocycles. The highest BCUT2D eigenvalue weighted by atomic mass is 127. The largest absolute Gasteiger partial charge is 0.458 e. The van der Waals surface area contributed by atoms with Crippen LogP contribution >= 0.6 is 30.3 Å². The number of ether oxygens (including phenoxy) is 1. The van der Waals surface area contributed by atoms with Crippen LogP contribution in [0.5, 0.6) is 0 Å². The van der Waals surface area contributed by atoms with Crippen molar-refractivity contribution in [1.29, 1.82) is 0 Å². The first kappa shape index (κ1) is 16.0. The van der Waals surface area contributed by atoms with Crippen LogP contribution in [-0.4, -0.2) is 28.3 Å². The van der Waals surface area contributed by atoms with E-state index in [0.717, 1.165) is 6.42 Å². The average molecular weight is 359 g/mol. The van der Waals surface area contributed by atoms with Crippen LogP contribution in [0.2, 0.25) is 0 Å². The number of esters is 1. The molecule has 0 rings (SSSR count). The first-order chi connectivity index (χ1) is 7.36. The van der Waals surface area contributed by atoms with Gasteiger partial charge in [0.1, 0.15) is 12.1 Å². The van der Waals surface area contributed by atoms with E-state index < -0.39 is 5.60 Å². The summed E-state index contributed by atoms with van der Waals surface area (Å²) in [5, 5.41) is 0. The molecule has 6 heteroatoms. The van der Waals surface area contributed by atoms with Crippen molar-refractivity contribution in [3.8, 4) is 0 Å². The summed E-state index contributed by atoms with van der Waals surface area (Å²) in [5.74, 6) is -0.427. The van der Waals surface area contributed by atoms with Crippen LogP contribution in [-0.2, 0) is 14.3 Å². The lowest BCUT2D eigenvalue weighted by atomic mass is 10.1. The summed E-state index contributed by atoms with van der Waals surface area (Å²) >= 11 is 1.98. The predicted molar refractivity (Wildman–Crippen MR) is 74.1 cm³/mol. The predicted octanol–water partition coefficient (Wildman–Crippen LogP) is 2.96. The fourth-order valence-corrected chi connectivity index (χ4v) is 2.29. The second kappa shape index (κ2) is 7.37. The van der Waals surface area contributed by atoms with E-state index in [1.807, 2.05) is 42.0 Å². The van der Waals surface area contributed by atoms with Gasteiger partial charge in [-0.05, 0) is 20.3 Å². The summed E-state index contributed by atoms with van der Waals surface area (Å²) in [6.07, 6.45) is 1.14. The van der Waals surface area contributed by atoms with Crippen molar-refractivity contribution < 1.29 is 14.3 Å². The molecule has 0 N–H and O–H groups in total. The van der Waals surface area contributed by atoms with Crippen LogP contribution in [0.25, 0.3) is 0 Å². The summed E-state index contributed by atoms with van der Waals surface area (Å²) in [5.41, 5.74) is -0.464. The Morgan fingerprint density at radius 2 is 1.94 bits per heavy atom. The van der Waals surface area contributed by atoms with E-state index >= 15 is 0 Å². The molecule has 1 amide bonds. The number of amides is 1. The van der Waals surface area contributed by atoms with E-state index in [0.29, 0.717) is 6.42 Å². The SMILES string of the molecule is CCC(=O)N(CC(=O)OC(C)(C)CC)SI. The summed E-state index contributed by atoms with van der Waals surface area (Å²) < 4.78 is 6.68. The summed E-state index contributed by atoms with van der Waals surface area (Å²) in [7, 11) is 1.22. The van der Waals surface area contributed by atoms with Crippen molar-refractivity contribution in [3.05, 3.63) is 0 Å². The number of hydrogen-bond acceptors (Lipinski definition) is 4. The summed E-state index contributed by atoms with van der Waals surface area (Å²) in [4.78, 5) is 23.0. The second-order valence-electron chi connectivity index (χ2n) is 3.94. The zero-order chi connectivity index (χ0) is 12.8. The number of hydrogen-bond donors (Lipinski definition) is 0. The Morgan fingerprint density at radius 1 is 1.38 bits per heavy atom. The topological polar surface area (TPSA) is 46.6 Å². The molecule has 0 spiro atoms. The smallest absolute Gasteiger partial charge is 0.327 e. The number of carbonyl (C=O) groups excluding carboxylic acids is 2. The molecule has 0 fully saturated rings. The van der Waals surface area contributed by atoms with Gasteiger partial charge in [-0.25, -0.2) is 0 Å². The molecular weight excluding hydrogens is 341 g/mol. The Kier molecular flexibility index (Phi) is 7.38. The van der Waals surface area contributed by atoms with Gasteiger partial charge in [0.15, 0.2) is 0 Å². The molecule has 0 saturated carbocycles. The fraction of sp³-hybridized carbons (Fsp3) is 0.800. The molecule has 0 saturated heterocycles. The van der Waals surface area contributed by atoms with Gasteiger partial charge in [0, 0.05) is 36.7 Å². The minimum Gasteiger partial charge on any atom is -0.458 e. The van der Waals surface area contributed by atoms with Crippen LogP contribution in [0.15, 0.2) is 0 Å². The molecule has 0 radical (unpaired) electrons. The van der Waals surface area contributed by atoms with E-state index in [9.17, 15) is 9.59 Å². The first-order valence-electron chi connectivity index (χ1n) is 5.17. The molecule has 4 nitrogen and oxygen atoms in total. The average Bonchev–Trinajstić information content (AvgIpc) is 2.24. The Morgan fingerprint density at radius 3 is 2.31 bits per heavy atom. The molecule has 0 heterocycles. The quantitative estimate of drug-likeness (QED) is 0.416. The Hall–Kier alpha value is 0.0200. The summed E-state index contributed by atoms with van der Waals surface area (Å²) in [6, 6.07) is 0. The third kappa shape index (κ3) is 5.93. The van der Waals surface area contributed by atoms with E-state index in [-0.39, 0.29) is 18.4 Å². The third-order valence-corrected chi connectivity index (χ3v) is 4.10. The zero-order valence-electron chi connectivity index (χ0n) is 10.1. The maximum atomic E-state index is 11.6. The van der Waals surface area contributed by atoms with Crippen LogP contribution in [0.3, 0.4) is 0 Å². The monoisotopic (exact) mass is 359 g/mol. The van der Waals surface area contributed by atoms with Crippen LogP contribution < -0.4 is 0 Å². The molecule has 0 aliphatic rings. The lowest BCUT2D eigenvalue weighted by Gasteiger charge is -2.25. The fourth-order valence-electron chi connectivity index (χ4n) is 0.857. The van der Waals surface area contributed by atoms with Gasteiger partial charge in [-0.2, -0.15) is 0 Å². The molecule has 0 bridgehead atoms. The molecule has 0 atom stereocenters. The minimum absolute atomic E-state index is 0.00368. The number of halogens is 1. The van der Waals surface area contributed by atoms with E-state index in [1.54, 1.807) is 6.92 Å². The Labute approximate surface area is 113 Å². The molecule has 0 aromatic rings. The number of carbonyl (C=O) groups is 2. The highest BCUT2D eigenvalue weighted by Gasteiger charge is 2.23. The van der Waals surface area contributed by atoms with Crippen molar-refractivity contribution in [2.24, 2.45) is 0 Å². The van der Waals surface area contributed by atoms with E-state index in [1.165, 1.54) is 13.4 Å². The normalized spacial score (nSPS) is 11.1. The third-order valence-electron chi connectivity index (χ3n) is 2.18. The van der Waals surface area contributed by atoms with Crippen molar-refractivity contribution in [3.63, 3.8) is 0 Å². The molecule has 0 aliphatic heterocycles. The van der Waals surface area contributed by atoms with E-state index in [4.69, 9.17) is 4.74 Å². The Balaban J connectivity index is 4.27. The highest BCUT2D eigenvalue weighted by molar-refractivity contribution is 14.2. The molecule has 16 heavy (non-hydrogen) atoms. The van der Waals surface area contributed by atoms with E-state index in [2.05, 4.69) is 0 Å². The van der Waals surface area contributed by atoms with Gasteiger partial charge in [-0.3, -0.25) is 13.9 Å². The standard InChI is InChI=1S/C10H18INO3S/c1-5-8(13)12(16-11)7-9(14)15-10(3,4)6-2/h5-7H2,1-4H3. The zero-order valence-corrected chi connectivity index (χ0v) is 13.1. The number of rotatable bonds is 6. The molecule has 94 valence electrons. The maximum absolute atomic E-state index is 11.6. The van der Waals surface area contributed by atoms with Gasteiger partial charge in [0.05, 0.1) is 0 Å². The van der Waals surface area contributed by atoms with Crippen molar-refractivity contribution in [2.75, 3.05) is 6.54 Å². The van der Waals surface area contributed by atoms with Gasteiger partial charge < -0.3 is 4.74 Å². The lowest BCUT2D eigenvalue weighted by Crippen LogP contribution is -2.35. The maximum Gasteiger partial charge on any atom is 0.327 e. The van der Waals surface area contributed by atoms with Gasteiger partial charge in [0.2, 0.25) is 5.91 Å². The Bertz CT molecular complexity index is 258.